The van der Waals surface area contributed by atoms with E-state index in [1.165, 1.54) is 0 Å². The van der Waals surface area contributed by atoms with Gasteiger partial charge in [0.2, 0.25) is 0 Å². The van der Waals surface area contributed by atoms with E-state index >= 15 is 0 Å². The zero-order valence-electron chi connectivity index (χ0n) is 7.67. The molecule has 0 bridgehead atoms. The van der Waals surface area contributed by atoms with Gasteiger partial charge in [0.15, 0.2) is 0 Å². The molecule has 1 fully saturated rings. The summed E-state index contributed by atoms with van der Waals surface area (Å²) in [6.45, 7) is 0. The Morgan fingerprint density at radius 3 is 2.20 bits per heavy atom. The minimum absolute atomic E-state index is 0.176. The molecule has 2 nitrogen and oxygen atoms in total. The number of aliphatic hydroxyl groups is 1. The van der Waals surface area contributed by atoms with Gasteiger partial charge in [-0.3, -0.25) is 0 Å². The van der Waals surface area contributed by atoms with Crippen LogP contribution in [0.3, 0.4) is 0 Å². The molecule has 0 radical (unpaired) electrons. The van der Waals surface area contributed by atoms with Crippen LogP contribution >= 0.6 is 0 Å². The number of phenolic OH excluding ortho intramolecular Hbond substituents is 1. The van der Waals surface area contributed by atoms with Gasteiger partial charge in [-0.15, -0.1) is 0 Å². The molecule has 1 aliphatic carbocycles. The molecule has 15 heavy (non-hydrogen) atoms. The van der Waals surface area contributed by atoms with Crippen molar-refractivity contribution in [1.29, 1.82) is 0 Å². The topological polar surface area (TPSA) is 40.5 Å². The van der Waals surface area contributed by atoms with E-state index < -0.39 is 23.1 Å². The Bertz CT molecular complexity index is 394. The van der Waals surface area contributed by atoms with Crippen molar-refractivity contribution in [3.63, 3.8) is 0 Å². The number of alkyl halides is 3. The quantitative estimate of drug-likeness (QED) is 0.759. The van der Waals surface area contributed by atoms with Crippen LogP contribution in [0, 0.1) is 0 Å². The first-order chi connectivity index (χ1) is 6.83. The summed E-state index contributed by atoms with van der Waals surface area (Å²) in [6.07, 6.45) is -3.51. The predicted octanol–water partition coefficient (Wildman–Crippen LogP) is 2.39. The van der Waals surface area contributed by atoms with E-state index in [0.717, 1.165) is 12.1 Å². The van der Waals surface area contributed by atoms with Gasteiger partial charge < -0.3 is 10.2 Å². The van der Waals surface area contributed by atoms with Crippen molar-refractivity contribution in [2.24, 2.45) is 0 Å². The smallest absolute Gasteiger partial charge is 0.416 e. The maximum absolute atomic E-state index is 12.2. The average molecular weight is 218 g/mol. The van der Waals surface area contributed by atoms with Gasteiger partial charge in [0.05, 0.1) is 11.2 Å². The molecular weight excluding hydrogens is 209 g/mol. The lowest BCUT2D eigenvalue weighted by molar-refractivity contribution is -0.137. The average Bonchev–Trinajstić information content (AvgIpc) is 2.82. The Morgan fingerprint density at radius 2 is 1.80 bits per heavy atom. The van der Waals surface area contributed by atoms with E-state index in [4.69, 9.17) is 0 Å². The highest BCUT2D eigenvalue weighted by atomic mass is 19.4. The zero-order valence-corrected chi connectivity index (χ0v) is 7.67. The molecule has 0 aliphatic heterocycles. The van der Waals surface area contributed by atoms with Crippen LogP contribution in [0.25, 0.3) is 0 Å². The predicted molar refractivity (Wildman–Crippen MR) is 46.2 cm³/mol. The number of hydrogen-bond donors (Lipinski definition) is 2. The Balaban J connectivity index is 2.40. The van der Waals surface area contributed by atoms with Crippen molar-refractivity contribution in [1.82, 2.24) is 0 Å². The summed E-state index contributed by atoms with van der Waals surface area (Å²) in [7, 11) is 0. The van der Waals surface area contributed by atoms with Crippen molar-refractivity contribution >= 4 is 0 Å². The molecule has 1 aromatic carbocycles. The molecule has 2 N–H and O–H groups in total. The third-order valence-electron chi connectivity index (χ3n) is 2.55. The van der Waals surface area contributed by atoms with E-state index in [-0.39, 0.29) is 5.56 Å². The summed E-state index contributed by atoms with van der Waals surface area (Å²) >= 11 is 0. The molecule has 2 rings (SSSR count). The van der Waals surface area contributed by atoms with Crippen LogP contribution in [0.5, 0.6) is 5.75 Å². The summed E-state index contributed by atoms with van der Waals surface area (Å²) in [6, 6.07) is 2.64. The van der Waals surface area contributed by atoms with Crippen molar-refractivity contribution in [2.45, 2.75) is 24.6 Å². The van der Waals surface area contributed by atoms with Crippen LogP contribution in [0.4, 0.5) is 13.2 Å². The van der Waals surface area contributed by atoms with Crippen LogP contribution in [-0.2, 0) is 11.8 Å². The maximum Gasteiger partial charge on any atom is 0.416 e. The molecule has 1 saturated carbocycles. The summed E-state index contributed by atoms with van der Waals surface area (Å²) < 4.78 is 36.7. The molecule has 0 unspecified atom stereocenters. The lowest BCUT2D eigenvalue weighted by Crippen LogP contribution is -2.08. The molecule has 1 aliphatic rings. The normalized spacial score (nSPS) is 18.9. The third kappa shape index (κ3) is 1.79. The van der Waals surface area contributed by atoms with Crippen molar-refractivity contribution in [2.75, 3.05) is 0 Å². The highest BCUT2D eigenvalue weighted by Gasteiger charge is 2.44. The van der Waals surface area contributed by atoms with E-state index in [1.54, 1.807) is 0 Å². The number of rotatable bonds is 1. The summed E-state index contributed by atoms with van der Waals surface area (Å²) in [5.74, 6) is -0.496. The van der Waals surface area contributed by atoms with Crippen LogP contribution in [-0.4, -0.2) is 10.2 Å². The first-order valence-corrected chi connectivity index (χ1v) is 4.46. The van der Waals surface area contributed by atoms with E-state index in [0.29, 0.717) is 18.9 Å². The first-order valence-electron chi connectivity index (χ1n) is 4.46. The van der Waals surface area contributed by atoms with Gasteiger partial charge in [0.25, 0.3) is 0 Å². The van der Waals surface area contributed by atoms with E-state index in [9.17, 15) is 23.4 Å². The Kier molecular flexibility index (Phi) is 1.98. The van der Waals surface area contributed by atoms with Crippen molar-refractivity contribution < 1.29 is 23.4 Å². The van der Waals surface area contributed by atoms with Gasteiger partial charge in [-0.2, -0.15) is 13.2 Å². The van der Waals surface area contributed by atoms with Crippen molar-refractivity contribution in [3.05, 3.63) is 29.3 Å². The third-order valence-corrected chi connectivity index (χ3v) is 2.55. The Labute approximate surface area is 84.0 Å². The van der Waals surface area contributed by atoms with E-state index in [2.05, 4.69) is 0 Å². The monoisotopic (exact) mass is 218 g/mol. The fraction of sp³-hybridized carbons (Fsp3) is 0.400. The zero-order chi connectivity index (χ0) is 11.3. The number of aromatic hydroxyl groups is 1. The molecule has 0 heterocycles. The maximum atomic E-state index is 12.2. The molecule has 5 heteroatoms. The fourth-order valence-electron chi connectivity index (χ4n) is 1.49. The first kappa shape index (κ1) is 10.3. The van der Waals surface area contributed by atoms with Crippen LogP contribution < -0.4 is 0 Å². The standard InChI is InChI=1S/C10H9F3O2/c11-10(12,13)6-1-2-7(8(14)5-6)9(15)3-4-9/h1-2,5,14-15H,3-4H2. The second-order valence-electron chi connectivity index (χ2n) is 3.76. The number of benzene rings is 1. The van der Waals surface area contributed by atoms with Gasteiger partial charge in [0.1, 0.15) is 5.75 Å². The van der Waals surface area contributed by atoms with Crippen molar-refractivity contribution in [3.8, 4) is 5.75 Å². The lowest BCUT2D eigenvalue weighted by atomic mass is 10.0. The lowest BCUT2D eigenvalue weighted by Gasteiger charge is -2.13. The molecular formula is C10H9F3O2. The molecule has 0 amide bonds. The van der Waals surface area contributed by atoms with Gasteiger partial charge in [-0.1, -0.05) is 6.07 Å². The Hall–Kier alpha value is -1.23. The van der Waals surface area contributed by atoms with E-state index in [1.807, 2.05) is 0 Å². The van der Waals surface area contributed by atoms with Gasteiger partial charge >= 0.3 is 6.18 Å². The fourth-order valence-corrected chi connectivity index (χ4v) is 1.49. The second-order valence-corrected chi connectivity index (χ2v) is 3.76. The highest BCUT2D eigenvalue weighted by Crippen LogP contribution is 2.49. The van der Waals surface area contributed by atoms with Crippen LogP contribution in [0.2, 0.25) is 0 Å². The molecule has 0 spiro atoms. The Morgan fingerprint density at radius 1 is 1.20 bits per heavy atom. The number of hydrogen-bond acceptors (Lipinski definition) is 2. The SMILES string of the molecule is Oc1cc(C(F)(F)F)ccc1C1(O)CC1. The van der Waals surface area contributed by atoms with Crippen LogP contribution in [0.15, 0.2) is 18.2 Å². The van der Waals surface area contributed by atoms with Gasteiger partial charge in [-0.25, -0.2) is 0 Å². The minimum Gasteiger partial charge on any atom is -0.508 e. The summed E-state index contributed by atoms with van der Waals surface area (Å²) in [5, 5.41) is 19.0. The van der Waals surface area contributed by atoms with Gasteiger partial charge in [-0.05, 0) is 25.0 Å². The molecule has 0 aromatic heterocycles. The number of halogens is 3. The second kappa shape index (κ2) is 2.88. The van der Waals surface area contributed by atoms with Gasteiger partial charge in [0, 0.05) is 5.56 Å². The highest BCUT2D eigenvalue weighted by molar-refractivity contribution is 5.43. The molecule has 0 saturated heterocycles. The largest absolute Gasteiger partial charge is 0.508 e. The molecule has 1 aromatic rings. The summed E-state index contributed by atoms with van der Waals surface area (Å²) in [5.41, 5.74) is -1.85. The minimum atomic E-state index is -4.47. The molecule has 0 atom stereocenters. The summed E-state index contributed by atoms with van der Waals surface area (Å²) in [4.78, 5) is 0. The molecule has 82 valence electrons. The van der Waals surface area contributed by atoms with Crippen LogP contribution in [0.1, 0.15) is 24.0 Å². The number of phenols is 1.